The van der Waals surface area contributed by atoms with E-state index in [2.05, 4.69) is 5.32 Å². The maximum Gasteiger partial charge on any atom is 0.163 e. The van der Waals surface area contributed by atoms with Gasteiger partial charge in [0, 0.05) is 5.56 Å². The van der Waals surface area contributed by atoms with Crippen LogP contribution in [-0.2, 0) is 11.3 Å². The molecule has 0 saturated heterocycles. The molecule has 0 bridgehead atoms. The van der Waals surface area contributed by atoms with Gasteiger partial charge in [-0.05, 0) is 18.7 Å². The highest BCUT2D eigenvalue weighted by molar-refractivity contribution is 5.22. The number of likely N-dealkylation sites (N-methyl/N-ethyl adjacent to an activating group) is 1. The van der Waals surface area contributed by atoms with E-state index in [-0.39, 0.29) is 18.2 Å². The molecule has 0 saturated carbocycles. The van der Waals surface area contributed by atoms with Gasteiger partial charge >= 0.3 is 0 Å². The smallest absolute Gasteiger partial charge is 0.163 e. The van der Waals surface area contributed by atoms with Crippen LogP contribution in [0.3, 0.4) is 0 Å². The zero-order valence-electron chi connectivity index (χ0n) is 11.3. The van der Waals surface area contributed by atoms with Gasteiger partial charge in [0.1, 0.15) is 0 Å². The molecule has 0 aliphatic heterocycles. The van der Waals surface area contributed by atoms with Gasteiger partial charge in [-0.2, -0.15) is 0 Å². The molecule has 4 heteroatoms. The maximum absolute atomic E-state index is 13.7. The van der Waals surface area contributed by atoms with Crippen molar-refractivity contribution in [1.82, 2.24) is 5.32 Å². The molecular formula is C16H17F2NO. The van der Waals surface area contributed by atoms with Crippen molar-refractivity contribution in [2.45, 2.75) is 12.6 Å². The van der Waals surface area contributed by atoms with E-state index >= 15 is 0 Å². The van der Waals surface area contributed by atoms with Crippen LogP contribution < -0.4 is 5.32 Å². The van der Waals surface area contributed by atoms with Gasteiger partial charge in [0.15, 0.2) is 11.6 Å². The summed E-state index contributed by atoms with van der Waals surface area (Å²) in [6.45, 7) is 0.710. The van der Waals surface area contributed by atoms with Crippen molar-refractivity contribution >= 4 is 0 Å². The van der Waals surface area contributed by atoms with Crippen molar-refractivity contribution < 1.29 is 13.5 Å². The lowest BCUT2D eigenvalue weighted by Gasteiger charge is -2.17. The van der Waals surface area contributed by atoms with Crippen molar-refractivity contribution in [2.75, 3.05) is 13.7 Å². The van der Waals surface area contributed by atoms with Crippen molar-refractivity contribution in [3.63, 3.8) is 0 Å². The number of rotatable bonds is 6. The summed E-state index contributed by atoms with van der Waals surface area (Å²) in [6.07, 6.45) is 0. The number of ether oxygens (including phenoxy) is 1. The Labute approximate surface area is 117 Å². The Kier molecular flexibility index (Phi) is 5.21. The molecule has 1 N–H and O–H groups in total. The summed E-state index contributed by atoms with van der Waals surface area (Å²) in [5, 5.41) is 2.94. The van der Waals surface area contributed by atoms with E-state index in [1.165, 1.54) is 6.07 Å². The number of hydrogen-bond donors (Lipinski definition) is 1. The van der Waals surface area contributed by atoms with Crippen molar-refractivity contribution in [2.24, 2.45) is 0 Å². The molecular weight excluding hydrogens is 260 g/mol. The predicted octanol–water partition coefficient (Wildman–Crippen LogP) is 3.44. The molecule has 0 spiro atoms. The normalized spacial score (nSPS) is 12.3. The Morgan fingerprint density at radius 3 is 2.50 bits per heavy atom. The van der Waals surface area contributed by atoms with E-state index < -0.39 is 11.6 Å². The monoisotopic (exact) mass is 277 g/mol. The van der Waals surface area contributed by atoms with E-state index in [1.54, 1.807) is 13.1 Å². The van der Waals surface area contributed by atoms with Crippen molar-refractivity contribution in [3.8, 4) is 0 Å². The van der Waals surface area contributed by atoms with Gasteiger partial charge in [-0.1, -0.05) is 42.5 Å². The summed E-state index contributed by atoms with van der Waals surface area (Å²) in [5.41, 5.74) is 1.32. The highest BCUT2D eigenvalue weighted by Crippen LogP contribution is 2.19. The largest absolute Gasteiger partial charge is 0.375 e. The Morgan fingerprint density at radius 1 is 1.05 bits per heavy atom. The third-order valence-electron chi connectivity index (χ3n) is 3.10. The van der Waals surface area contributed by atoms with Crippen LogP contribution in [0.5, 0.6) is 0 Å². The van der Waals surface area contributed by atoms with Crippen LogP contribution in [-0.4, -0.2) is 13.7 Å². The molecule has 20 heavy (non-hydrogen) atoms. The molecule has 2 aromatic carbocycles. The molecule has 2 aromatic rings. The zero-order chi connectivity index (χ0) is 14.4. The van der Waals surface area contributed by atoms with Gasteiger partial charge in [-0.3, -0.25) is 0 Å². The first kappa shape index (κ1) is 14.6. The van der Waals surface area contributed by atoms with Gasteiger partial charge in [0.2, 0.25) is 0 Å². The van der Waals surface area contributed by atoms with Gasteiger partial charge in [-0.25, -0.2) is 8.78 Å². The summed E-state index contributed by atoms with van der Waals surface area (Å²) in [5.74, 6) is -1.67. The highest BCUT2D eigenvalue weighted by Gasteiger charge is 2.16. The molecule has 0 amide bonds. The Balaban J connectivity index is 1.97. The highest BCUT2D eigenvalue weighted by atomic mass is 19.2. The van der Waals surface area contributed by atoms with Crippen molar-refractivity contribution in [1.29, 1.82) is 0 Å². The molecule has 106 valence electrons. The van der Waals surface area contributed by atoms with Gasteiger partial charge < -0.3 is 10.1 Å². The van der Waals surface area contributed by atoms with Crippen LogP contribution >= 0.6 is 0 Å². The third kappa shape index (κ3) is 3.62. The molecule has 2 rings (SSSR count). The SMILES string of the molecule is CNC(COCc1ccccc1)c1cccc(F)c1F. The fourth-order valence-corrected chi connectivity index (χ4v) is 1.99. The second-order valence-electron chi connectivity index (χ2n) is 4.49. The first-order chi connectivity index (χ1) is 9.72. The quantitative estimate of drug-likeness (QED) is 0.873. The number of nitrogens with one attached hydrogen (secondary N) is 1. The standard InChI is InChI=1S/C16H17F2NO/c1-19-15(13-8-5-9-14(17)16(13)18)11-20-10-12-6-3-2-4-7-12/h2-9,15,19H,10-11H2,1H3. The lowest BCUT2D eigenvalue weighted by molar-refractivity contribution is 0.0995. The van der Waals surface area contributed by atoms with Gasteiger partial charge in [0.05, 0.1) is 19.3 Å². The minimum absolute atomic E-state index is 0.270. The lowest BCUT2D eigenvalue weighted by Crippen LogP contribution is -2.23. The Hall–Kier alpha value is -1.78. The Morgan fingerprint density at radius 2 is 1.80 bits per heavy atom. The summed E-state index contributed by atoms with van der Waals surface area (Å²) in [7, 11) is 1.70. The minimum atomic E-state index is -0.842. The fraction of sp³-hybridized carbons (Fsp3) is 0.250. The van der Waals surface area contributed by atoms with Crippen LogP contribution in [0, 0.1) is 11.6 Å². The predicted molar refractivity (Wildman–Crippen MR) is 74.3 cm³/mol. The first-order valence-electron chi connectivity index (χ1n) is 6.45. The minimum Gasteiger partial charge on any atom is -0.375 e. The van der Waals surface area contributed by atoms with Gasteiger partial charge in [-0.15, -0.1) is 0 Å². The molecule has 0 heterocycles. The van der Waals surface area contributed by atoms with E-state index in [0.717, 1.165) is 11.6 Å². The second kappa shape index (κ2) is 7.12. The van der Waals surface area contributed by atoms with Crippen LogP contribution in [0.1, 0.15) is 17.2 Å². The van der Waals surface area contributed by atoms with Gasteiger partial charge in [0.25, 0.3) is 0 Å². The molecule has 0 aromatic heterocycles. The van der Waals surface area contributed by atoms with Crippen LogP contribution in [0.2, 0.25) is 0 Å². The Bertz CT molecular complexity index is 545. The number of benzene rings is 2. The average molecular weight is 277 g/mol. The number of hydrogen-bond acceptors (Lipinski definition) is 2. The average Bonchev–Trinajstić information content (AvgIpc) is 2.48. The molecule has 0 aliphatic carbocycles. The maximum atomic E-state index is 13.7. The summed E-state index contributed by atoms with van der Waals surface area (Å²) < 4.78 is 32.5. The topological polar surface area (TPSA) is 21.3 Å². The number of halogens is 2. The lowest BCUT2D eigenvalue weighted by atomic mass is 10.1. The van der Waals surface area contributed by atoms with Crippen LogP contribution in [0.15, 0.2) is 48.5 Å². The third-order valence-corrected chi connectivity index (χ3v) is 3.10. The zero-order valence-corrected chi connectivity index (χ0v) is 11.3. The van der Waals surface area contributed by atoms with Crippen molar-refractivity contribution in [3.05, 3.63) is 71.3 Å². The van der Waals surface area contributed by atoms with Crippen LogP contribution in [0.25, 0.3) is 0 Å². The van der Waals surface area contributed by atoms with E-state index in [9.17, 15) is 8.78 Å². The van der Waals surface area contributed by atoms with E-state index in [0.29, 0.717) is 6.61 Å². The first-order valence-corrected chi connectivity index (χ1v) is 6.45. The molecule has 0 aliphatic rings. The molecule has 1 atom stereocenters. The van der Waals surface area contributed by atoms with E-state index in [1.807, 2.05) is 30.3 Å². The summed E-state index contributed by atoms with van der Waals surface area (Å²) >= 11 is 0. The fourth-order valence-electron chi connectivity index (χ4n) is 1.99. The molecule has 0 fully saturated rings. The molecule has 1 unspecified atom stereocenters. The van der Waals surface area contributed by atoms with E-state index in [4.69, 9.17) is 4.74 Å². The molecule has 0 radical (unpaired) electrons. The second-order valence-corrected chi connectivity index (χ2v) is 4.49. The van der Waals surface area contributed by atoms with Crippen LogP contribution in [0.4, 0.5) is 8.78 Å². The molecule has 2 nitrogen and oxygen atoms in total. The summed E-state index contributed by atoms with van der Waals surface area (Å²) in [6, 6.07) is 13.5. The summed E-state index contributed by atoms with van der Waals surface area (Å²) in [4.78, 5) is 0.